The zero-order valence-corrected chi connectivity index (χ0v) is 12.3. The van der Waals surface area contributed by atoms with E-state index in [1.165, 1.54) is 4.31 Å². The van der Waals surface area contributed by atoms with Crippen LogP contribution in [0.25, 0.3) is 0 Å². The van der Waals surface area contributed by atoms with E-state index in [1.54, 1.807) is 12.1 Å². The second-order valence-corrected chi connectivity index (χ2v) is 8.02. The first-order valence-corrected chi connectivity index (χ1v) is 7.89. The lowest BCUT2D eigenvalue weighted by molar-refractivity contribution is 0.299. The van der Waals surface area contributed by atoms with Crippen molar-refractivity contribution in [2.45, 2.75) is 36.5 Å². The van der Waals surface area contributed by atoms with E-state index in [2.05, 4.69) is 0 Å². The lowest BCUT2D eigenvalue weighted by Crippen LogP contribution is -2.45. The smallest absolute Gasteiger partial charge is 0.207 e. The zero-order valence-electron chi connectivity index (χ0n) is 10.7. The van der Waals surface area contributed by atoms with Gasteiger partial charge >= 0.3 is 0 Å². The van der Waals surface area contributed by atoms with Crippen molar-refractivity contribution in [1.82, 2.24) is 4.31 Å². The zero-order chi connectivity index (χ0) is 13.4. The van der Waals surface area contributed by atoms with E-state index in [4.69, 9.17) is 11.6 Å². The van der Waals surface area contributed by atoms with Crippen molar-refractivity contribution in [3.05, 3.63) is 29.8 Å². The summed E-state index contributed by atoms with van der Waals surface area (Å²) in [5.74, 6) is 0. The van der Waals surface area contributed by atoms with Gasteiger partial charge in [0.25, 0.3) is 0 Å². The van der Waals surface area contributed by atoms with E-state index < -0.39 is 14.9 Å². The fourth-order valence-electron chi connectivity index (χ4n) is 2.21. The van der Waals surface area contributed by atoms with Gasteiger partial charge in [0.05, 0.1) is 9.77 Å². The maximum absolute atomic E-state index is 12.5. The molecule has 1 aliphatic heterocycles. The maximum Gasteiger partial charge on any atom is 0.243 e. The molecule has 0 bridgehead atoms. The number of piperidine rings is 1. The maximum atomic E-state index is 12.5. The molecule has 0 amide bonds. The largest absolute Gasteiger partial charge is 0.243 e. The minimum absolute atomic E-state index is 0.350. The number of sulfonamides is 1. The summed E-state index contributed by atoms with van der Waals surface area (Å²) in [6.45, 7) is 4.77. The summed E-state index contributed by atoms with van der Waals surface area (Å²) in [5, 5.41) is 0. The van der Waals surface area contributed by atoms with Crippen LogP contribution in [0, 0.1) is 6.92 Å². The predicted molar refractivity (Wildman–Crippen MR) is 73.4 cm³/mol. The summed E-state index contributed by atoms with van der Waals surface area (Å²) in [6.07, 6.45) is 1.67. The molecule has 2 rings (SSSR count). The van der Waals surface area contributed by atoms with Crippen molar-refractivity contribution < 1.29 is 8.42 Å². The third-order valence-corrected chi connectivity index (χ3v) is 5.44. The average Bonchev–Trinajstić information content (AvgIpc) is 2.28. The summed E-state index contributed by atoms with van der Waals surface area (Å²) in [7, 11) is -3.40. The SMILES string of the molecule is Cc1ccc(S(=O)(=O)N2CCCC(C)(Cl)C2)cc1. The quantitative estimate of drug-likeness (QED) is 0.785. The Labute approximate surface area is 114 Å². The standard InChI is InChI=1S/C13H18ClNO2S/c1-11-4-6-12(7-5-11)18(16,17)15-9-3-8-13(2,14)10-15/h4-7H,3,8-10H2,1-2H3. The average molecular weight is 288 g/mol. The molecule has 0 radical (unpaired) electrons. The second-order valence-electron chi connectivity index (χ2n) is 5.17. The van der Waals surface area contributed by atoms with Gasteiger partial charge in [-0.1, -0.05) is 17.7 Å². The van der Waals surface area contributed by atoms with Gasteiger partial charge in [-0.3, -0.25) is 0 Å². The Morgan fingerprint density at radius 1 is 1.28 bits per heavy atom. The molecule has 0 spiro atoms. The van der Waals surface area contributed by atoms with Gasteiger partial charge in [0.1, 0.15) is 0 Å². The molecule has 1 aromatic rings. The van der Waals surface area contributed by atoms with Crippen LogP contribution < -0.4 is 0 Å². The molecule has 1 heterocycles. The van der Waals surface area contributed by atoms with Crippen molar-refractivity contribution in [2.24, 2.45) is 0 Å². The number of aryl methyl sites for hydroxylation is 1. The third kappa shape index (κ3) is 2.87. The Balaban J connectivity index is 2.28. The second kappa shape index (κ2) is 4.83. The van der Waals surface area contributed by atoms with Crippen molar-refractivity contribution >= 4 is 21.6 Å². The molecule has 100 valence electrons. The Hall–Kier alpha value is -0.580. The van der Waals surface area contributed by atoms with Crippen molar-refractivity contribution in [3.8, 4) is 0 Å². The first-order valence-electron chi connectivity index (χ1n) is 6.07. The Morgan fingerprint density at radius 3 is 2.44 bits per heavy atom. The summed E-state index contributed by atoms with van der Waals surface area (Å²) >= 11 is 6.28. The monoisotopic (exact) mass is 287 g/mol. The summed E-state index contributed by atoms with van der Waals surface area (Å²) in [4.78, 5) is -0.0989. The Kier molecular flexibility index (Phi) is 3.72. The molecule has 0 saturated carbocycles. The highest BCUT2D eigenvalue weighted by Gasteiger charge is 2.35. The van der Waals surface area contributed by atoms with Gasteiger partial charge in [0.15, 0.2) is 0 Å². The lowest BCUT2D eigenvalue weighted by Gasteiger charge is -2.35. The normalized spacial score (nSPS) is 26.2. The molecular formula is C13H18ClNO2S. The number of hydrogen-bond acceptors (Lipinski definition) is 2. The van der Waals surface area contributed by atoms with E-state index in [-0.39, 0.29) is 0 Å². The van der Waals surface area contributed by atoms with E-state index in [9.17, 15) is 8.42 Å². The molecule has 1 saturated heterocycles. The first kappa shape index (κ1) is 13.8. The summed E-state index contributed by atoms with van der Waals surface area (Å²) < 4.78 is 26.4. The summed E-state index contributed by atoms with van der Waals surface area (Å²) in [6, 6.07) is 6.95. The molecule has 0 aliphatic carbocycles. The number of hydrogen-bond donors (Lipinski definition) is 0. The van der Waals surface area contributed by atoms with Crippen LogP contribution in [0.4, 0.5) is 0 Å². The van der Waals surface area contributed by atoms with Crippen LogP contribution in [0.3, 0.4) is 0 Å². The molecule has 1 unspecified atom stereocenters. The van der Waals surface area contributed by atoms with Crippen LogP contribution in [0.1, 0.15) is 25.3 Å². The van der Waals surface area contributed by atoms with Crippen LogP contribution in [0.15, 0.2) is 29.2 Å². The van der Waals surface area contributed by atoms with E-state index in [0.29, 0.717) is 18.0 Å². The van der Waals surface area contributed by atoms with Gasteiger partial charge in [0.2, 0.25) is 10.0 Å². The predicted octanol–water partition coefficient (Wildman–Crippen LogP) is 2.78. The molecule has 18 heavy (non-hydrogen) atoms. The third-order valence-electron chi connectivity index (χ3n) is 3.27. The molecule has 1 aliphatic rings. The van der Waals surface area contributed by atoms with E-state index >= 15 is 0 Å². The van der Waals surface area contributed by atoms with Crippen molar-refractivity contribution in [1.29, 1.82) is 0 Å². The minimum atomic E-state index is -3.40. The minimum Gasteiger partial charge on any atom is -0.207 e. The first-order chi connectivity index (χ1) is 8.31. The van der Waals surface area contributed by atoms with Crippen LogP contribution >= 0.6 is 11.6 Å². The molecular weight excluding hydrogens is 270 g/mol. The van der Waals surface area contributed by atoms with Crippen LogP contribution in [-0.2, 0) is 10.0 Å². The molecule has 5 heteroatoms. The Bertz CT molecular complexity index is 522. The molecule has 3 nitrogen and oxygen atoms in total. The molecule has 0 aromatic heterocycles. The van der Waals surface area contributed by atoms with Gasteiger partial charge in [-0.05, 0) is 38.8 Å². The van der Waals surface area contributed by atoms with Gasteiger partial charge in [0, 0.05) is 13.1 Å². The van der Waals surface area contributed by atoms with Crippen LogP contribution in [0.2, 0.25) is 0 Å². The summed E-state index contributed by atoms with van der Waals surface area (Å²) in [5.41, 5.74) is 1.05. The van der Waals surface area contributed by atoms with E-state index in [1.807, 2.05) is 26.0 Å². The highest BCUT2D eigenvalue weighted by atomic mass is 35.5. The lowest BCUT2D eigenvalue weighted by atomic mass is 10.0. The highest BCUT2D eigenvalue weighted by molar-refractivity contribution is 7.89. The van der Waals surface area contributed by atoms with Crippen molar-refractivity contribution in [2.75, 3.05) is 13.1 Å². The number of benzene rings is 1. The van der Waals surface area contributed by atoms with Crippen LogP contribution in [-0.4, -0.2) is 30.7 Å². The number of halogens is 1. The van der Waals surface area contributed by atoms with Gasteiger partial charge in [-0.2, -0.15) is 4.31 Å². The van der Waals surface area contributed by atoms with Gasteiger partial charge < -0.3 is 0 Å². The van der Waals surface area contributed by atoms with E-state index in [0.717, 1.165) is 18.4 Å². The van der Waals surface area contributed by atoms with Gasteiger partial charge in [-0.15, -0.1) is 11.6 Å². The molecule has 1 aromatic carbocycles. The fourth-order valence-corrected chi connectivity index (χ4v) is 4.17. The fraction of sp³-hybridized carbons (Fsp3) is 0.538. The molecule has 1 fully saturated rings. The van der Waals surface area contributed by atoms with Crippen molar-refractivity contribution in [3.63, 3.8) is 0 Å². The topological polar surface area (TPSA) is 37.4 Å². The molecule has 1 atom stereocenters. The van der Waals surface area contributed by atoms with Gasteiger partial charge in [-0.25, -0.2) is 8.42 Å². The number of nitrogens with zero attached hydrogens (tertiary/aromatic N) is 1. The number of rotatable bonds is 2. The van der Waals surface area contributed by atoms with Crippen LogP contribution in [0.5, 0.6) is 0 Å². The molecule has 0 N–H and O–H groups in total. The number of alkyl halides is 1. The Morgan fingerprint density at radius 2 is 1.89 bits per heavy atom. The highest BCUT2D eigenvalue weighted by Crippen LogP contribution is 2.30.